The van der Waals surface area contributed by atoms with E-state index in [0.29, 0.717) is 32.5 Å². The maximum absolute atomic E-state index is 13.7. The first-order chi connectivity index (χ1) is 16.0. The standard InChI is InChI=1S/C28H37N3O2/c1-22-9-8-16-30(20-22)21-25-11-7-6-10-24(25)19-29-27(33)28(26-12-4-3-5-13-26)14-17-31(18-15-28)23(2)32/h3-7,10-13,22H,8-9,14-21H2,1-2H3,(H,29,33). The van der Waals surface area contributed by atoms with Crippen molar-refractivity contribution in [1.82, 2.24) is 15.1 Å². The summed E-state index contributed by atoms with van der Waals surface area (Å²) in [5.74, 6) is 0.897. The minimum Gasteiger partial charge on any atom is -0.351 e. The summed E-state index contributed by atoms with van der Waals surface area (Å²) in [5.41, 5.74) is 2.94. The molecule has 5 nitrogen and oxygen atoms in total. The summed E-state index contributed by atoms with van der Waals surface area (Å²) in [7, 11) is 0. The van der Waals surface area contributed by atoms with Crippen LogP contribution in [0.1, 0.15) is 56.2 Å². The van der Waals surface area contributed by atoms with Crippen LogP contribution in [0.15, 0.2) is 54.6 Å². The Morgan fingerprint density at radius 3 is 2.30 bits per heavy atom. The van der Waals surface area contributed by atoms with Gasteiger partial charge in [0.05, 0.1) is 5.41 Å². The quantitative estimate of drug-likeness (QED) is 0.725. The number of nitrogens with one attached hydrogen (secondary N) is 1. The van der Waals surface area contributed by atoms with E-state index in [9.17, 15) is 9.59 Å². The van der Waals surface area contributed by atoms with Crippen molar-refractivity contribution in [3.63, 3.8) is 0 Å². The maximum atomic E-state index is 13.7. The molecule has 4 rings (SSSR count). The van der Waals surface area contributed by atoms with Crippen molar-refractivity contribution in [2.75, 3.05) is 26.2 Å². The third kappa shape index (κ3) is 5.47. The van der Waals surface area contributed by atoms with Gasteiger partial charge in [0.1, 0.15) is 0 Å². The zero-order chi connectivity index (χ0) is 23.3. The second-order valence-corrected chi connectivity index (χ2v) is 9.89. The van der Waals surface area contributed by atoms with Crippen molar-refractivity contribution in [2.45, 2.75) is 58.0 Å². The summed E-state index contributed by atoms with van der Waals surface area (Å²) in [5, 5.41) is 3.28. The van der Waals surface area contributed by atoms with Crippen molar-refractivity contribution < 1.29 is 9.59 Å². The number of carbonyl (C=O) groups is 2. The first-order valence-corrected chi connectivity index (χ1v) is 12.4. The number of hydrogen-bond acceptors (Lipinski definition) is 3. The highest BCUT2D eigenvalue weighted by Crippen LogP contribution is 2.36. The van der Waals surface area contributed by atoms with E-state index in [0.717, 1.165) is 31.1 Å². The van der Waals surface area contributed by atoms with Gasteiger partial charge >= 0.3 is 0 Å². The largest absolute Gasteiger partial charge is 0.351 e. The number of likely N-dealkylation sites (tertiary alicyclic amines) is 2. The van der Waals surface area contributed by atoms with Gasteiger partial charge in [0, 0.05) is 39.6 Å². The van der Waals surface area contributed by atoms with Crippen molar-refractivity contribution in [2.24, 2.45) is 5.92 Å². The van der Waals surface area contributed by atoms with Gasteiger partial charge in [0.2, 0.25) is 11.8 Å². The van der Waals surface area contributed by atoms with E-state index in [-0.39, 0.29) is 11.8 Å². The molecule has 2 aromatic rings. The third-order valence-electron chi connectivity index (χ3n) is 7.52. The molecular weight excluding hydrogens is 410 g/mol. The summed E-state index contributed by atoms with van der Waals surface area (Å²) in [6.07, 6.45) is 3.87. The van der Waals surface area contributed by atoms with Crippen LogP contribution in [-0.2, 0) is 28.1 Å². The van der Waals surface area contributed by atoms with Gasteiger partial charge in [-0.25, -0.2) is 0 Å². The molecule has 0 aromatic heterocycles. The van der Waals surface area contributed by atoms with Crippen LogP contribution in [-0.4, -0.2) is 47.8 Å². The van der Waals surface area contributed by atoms with E-state index in [1.54, 1.807) is 6.92 Å². The van der Waals surface area contributed by atoms with Gasteiger partial charge < -0.3 is 10.2 Å². The predicted octanol–water partition coefficient (Wildman–Crippen LogP) is 4.12. The lowest BCUT2D eigenvalue weighted by Gasteiger charge is -2.41. The molecule has 1 unspecified atom stereocenters. The first-order valence-electron chi connectivity index (χ1n) is 12.4. The fraction of sp³-hybridized carbons (Fsp3) is 0.500. The Hall–Kier alpha value is -2.66. The van der Waals surface area contributed by atoms with E-state index >= 15 is 0 Å². The molecule has 2 amide bonds. The Labute approximate surface area is 198 Å². The fourth-order valence-electron chi connectivity index (χ4n) is 5.51. The van der Waals surface area contributed by atoms with Crippen LogP contribution < -0.4 is 5.32 Å². The van der Waals surface area contributed by atoms with Gasteiger partial charge in [0.15, 0.2) is 0 Å². The average Bonchev–Trinajstić information content (AvgIpc) is 2.84. The lowest BCUT2D eigenvalue weighted by atomic mass is 9.72. The fourth-order valence-corrected chi connectivity index (χ4v) is 5.51. The molecule has 1 N–H and O–H groups in total. The van der Waals surface area contributed by atoms with Crippen LogP contribution in [0.25, 0.3) is 0 Å². The minimum atomic E-state index is -0.593. The smallest absolute Gasteiger partial charge is 0.231 e. The van der Waals surface area contributed by atoms with Crippen LogP contribution >= 0.6 is 0 Å². The van der Waals surface area contributed by atoms with Crippen molar-refractivity contribution in [1.29, 1.82) is 0 Å². The molecule has 0 spiro atoms. The average molecular weight is 448 g/mol. The van der Waals surface area contributed by atoms with Crippen molar-refractivity contribution in [3.8, 4) is 0 Å². The summed E-state index contributed by atoms with van der Waals surface area (Å²) < 4.78 is 0. The number of rotatable bonds is 6. The van der Waals surface area contributed by atoms with E-state index in [1.807, 2.05) is 23.1 Å². The molecule has 2 aliphatic rings. The summed E-state index contributed by atoms with van der Waals surface area (Å²) in [6.45, 7) is 8.92. The SMILES string of the molecule is CC(=O)N1CCC(C(=O)NCc2ccccc2CN2CCCC(C)C2)(c2ccccc2)CC1. The third-order valence-corrected chi connectivity index (χ3v) is 7.52. The van der Waals surface area contributed by atoms with Crippen molar-refractivity contribution >= 4 is 11.8 Å². The van der Waals surface area contributed by atoms with Crippen LogP contribution in [0, 0.1) is 5.92 Å². The molecular formula is C28H37N3O2. The molecule has 0 bridgehead atoms. The summed E-state index contributed by atoms with van der Waals surface area (Å²) >= 11 is 0. The minimum absolute atomic E-state index is 0.0679. The second-order valence-electron chi connectivity index (χ2n) is 9.89. The normalized spacial score (nSPS) is 20.9. The summed E-state index contributed by atoms with van der Waals surface area (Å²) in [4.78, 5) is 29.9. The van der Waals surface area contributed by atoms with Gasteiger partial charge in [-0.3, -0.25) is 14.5 Å². The van der Waals surface area contributed by atoms with Gasteiger partial charge in [-0.05, 0) is 54.8 Å². The highest BCUT2D eigenvalue weighted by Gasteiger charge is 2.43. The molecule has 0 radical (unpaired) electrons. The van der Waals surface area contributed by atoms with E-state index in [4.69, 9.17) is 0 Å². The number of piperidine rings is 2. The Balaban J connectivity index is 1.48. The molecule has 1 atom stereocenters. The lowest BCUT2D eigenvalue weighted by Crippen LogP contribution is -2.52. The molecule has 2 saturated heterocycles. The van der Waals surface area contributed by atoms with E-state index < -0.39 is 5.41 Å². The highest BCUT2D eigenvalue weighted by molar-refractivity contribution is 5.88. The molecule has 33 heavy (non-hydrogen) atoms. The zero-order valence-electron chi connectivity index (χ0n) is 20.1. The lowest BCUT2D eigenvalue weighted by molar-refractivity contribution is -0.135. The van der Waals surface area contributed by atoms with E-state index in [2.05, 4.69) is 53.5 Å². The highest BCUT2D eigenvalue weighted by atomic mass is 16.2. The monoisotopic (exact) mass is 447 g/mol. The number of hydrogen-bond donors (Lipinski definition) is 1. The second kappa shape index (κ2) is 10.5. The molecule has 2 heterocycles. The Morgan fingerprint density at radius 2 is 1.64 bits per heavy atom. The maximum Gasteiger partial charge on any atom is 0.231 e. The molecule has 176 valence electrons. The molecule has 0 aliphatic carbocycles. The first kappa shape index (κ1) is 23.5. The Morgan fingerprint density at radius 1 is 0.970 bits per heavy atom. The molecule has 2 fully saturated rings. The van der Waals surface area contributed by atoms with Gasteiger partial charge in [-0.2, -0.15) is 0 Å². The zero-order valence-corrected chi connectivity index (χ0v) is 20.1. The summed E-state index contributed by atoms with van der Waals surface area (Å²) in [6, 6.07) is 18.6. The molecule has 0 saturated carbocycles. The number of benzene rings is 2. The topological polar surface area (TPSA) is 52.7 Å². The van der Waals surface area contributed by atoms with Gasteiger partial charge in [-0.1, -0.05) is 61.5 Å². The number of nitrogens with zero attached hydrogens (tertiary/aromatic N) is 2. The van der Waals surface area contributed by atoms with Crippen molar-refractivity contribution in [3.05, 3.63) is 71.3 Å². The molecule has 2 aromatic carbocycles. The Bertz CT molecular complexity index is 951. The predicted molar refractivity (Wildman–Crippen MR) is 132 cm³/mol. The van der Waals surface area contributed by atoms with Crippen LogP contribution in [0.4, 0.5) is 0 Å². The van der Waals surface area contributed by atoms with Gasteiger partial charge in [-0.15, -0.1) is 0 Å². The van der Waals surface area contributed by atoms with Crippen LogP contribution in [0.3, 0.4) is 0 Å². The molecule has 2 aliphatic heterocycles. The van der Waals surface area contributed by atoms with Crippen LogP contribution in [0.2, 0.25) is 0 Å². The molecule has 5 heteroatoms. The number of amides is 2. The van der Waals surface area contributed by atoms with E-state index in [1.165, 1.54) is 24.0 Å². The van der Waals surface area contributed by atoms with Gasteiger partial charge in [0.25, 0.3) is 0 Å². The van der Waals surface area contributed by atoms with Crippen LogP contribution in [0.5, 0.6) is 0 Å². The Kier molecular flexibility index (Phi) is 7.49. The number of carbonyl (C=O) groups excluding carboxylic acids is 2.